The van der Waals surface area contributed by atoms with Crippen molar-refractivity contribution in [1.29, 1.82) is 0 Å². The lowest BCUT2D eigenvalue weighted by atomic mass is 10.3. The summed E-state index contributed by atoms with van der Waals surface area (Å²) in [6, 6.07) is 2.84. The van der Waals surface area contributed by atoms with E-state index in [9.17, 15) is 4.39 Å². The Morgan fingerprint density at radius 1 is 1.53 bits per heavy atom. The molecule has 0 saturated heterocycles. The zero-order valence-corrected chi connectivity index (χ0v) is 10.2. The summed E-state index contributed by atoms with van der Waals surface area (Å²) in [5.74, 6) is -0.107. The van der Waals surface area contributed by atoms with E-state index >= 15 is 0 Å². The van der Waals surface area contributed by atoms with Crippen LogP contribution in [-0.2, 0) is 11.3 Å². The van der Waals surface area contributed by atoms with Gasteiger partial charge in [0.25, 0.3) is 0 Å². The molecule has 0 saturated carbocycles. The molecule has 4 nitrogen and oxygen atoms in total. The first kappa shape index (κ1) is 12.1. The molecule has 0 radical (unpaired) electrons. The minimum absolute atomic E-state index is 0.0547. The van der Waals surface area contributed by atoms with Crippen LogP contribution in [-0.4, -0.2) is 23.3 Å². The first-order chi connectivity index (χ1) is 8.13. The van der Waals surface area contributed by atoms with Gasteiger partial charge in [0.2, 0.25) is 5.95 Å². The summed E-state index contributed by atoms with van der Waals surface area (Å²) < 4.78 is 20.1. The van der Waals surface area contributed by atoms with Gasteiger partial charge < -0.3 is 15.0 Å². The number of hydrogen-bond acceptors (Lipinski definition) is 3. The Balaban J connectivity index is 2.40. The molecule has 0 aliphatic rings. The highest BCUT2D eigenvalue weighted by molar-refractivity contribution is 6.31. The summed E-state index contributed by atoms with van der Waals surface area (Å²) in [6.45, 7) is 1.26. The number of nitrogens with zero attached hydrogens (tertiary/aromatic N) is 2. The second-order valence-electron chi connectivity index (χ2n) is 3.72. The molecule has 0 atom stereocenters. The van der Waals surface area contributed by atoms with Crippen molar-refractivity contribution >= 4 is 28.6 Å². The monoisotopic (exact) mass is 257 g/mol. The van der Waals surface area contributed by atoms with Gasteiger partial charge in [-0.15, -0.1) is 0 Å². The van der Waals surface area contributed by atoms with Crippen LogP contribution < -0.4 is 5.73 Å². The lowest BCUT2D eigenvalue weighted by molar-refractivity contribution is 0.191. The Kier molecular flexibility index (Phi) is 3.49. The van der Waals surface area contributed by atoms with E-state index in [0.29, 0.717) is 30.1 Å². The number of ether oxygens (including phenoxy) is 1. The highest BCUT2D eigenvalue weighted by atomic mass is 35.5. The smallest absolute Gasteiger partial charge is 0.201 e. The molecular formula is C11H13ClFN3O. The first-order valence-corrected chi connectivity index (χ1v) is 5.61. The molecular weight excluding hydrogens is 245 g/mol. The molecule has 0 aliphatic carbocycles. The summed E-state index contributed by atoms with van der Waals surface area (Å²) in [4.78, 5) is 4.14. The van der Waals surface area contributed by atoms with Gasteiger partial charge in [-0.05, 0) is 12.5 Å². The highest BCUT2D eigenvalue weighted by Crippen LogP contribution is 2.24. The van der Waals surface area contributed by atoms with E-state index in [1.54, 1.807) is 11.7 Å². The third kappa shape index (κ3) is 2.35. The molecule has 0 bridgehead atoms. The number of fused-ring (bicyclic) bond motifs is 1. The van der Waals surface area contributed by atoms with Crippen molar-refractivity contribution in [2.45, 2.75) is 13.0 Å². The lowest BCUT2D eigenvalue weighted by Crippen LogP contribution is -2.05. The minimum atomic E-state index is -0.466. The predicted molar refractivity (Wildman–Crippen MR) is 65.6 cm³/mol. The summed E-state index contributed by atoms with van der Waals surface area (Å²) in [7, 11) is 1.63. The van der Waals surface area contributed by atoms with Crippen LogP contribution >= 0.6 is 11.6 Å². The van der Waals surface area contributed by atoms with Gasteiger partial charge in [0.15, 0.2) is 0 Å². The molecule has 1 aromatic carbocycles. The second-order valence-corrected chi connectivity index (χ2v) is 4.13. The van der Waals surface area contributed by atoms with E-state index in [2.05, 4.69) is 4.98 Å². The van der Waals surface area contributed by atoms with Crippen molar-refractivity contribution in [3.8, 4) is 0 Å². The standard InChI is InChI=1S/C11H13ClFN3O/c1-17-4-2-3-16-10-6-8(13)7(12)5-9(10)15-11(16)14/h5-6H,2-4H2,1H3,(H2,14,15). The topological polar surface area (TPSA) is 53.1 Å². The fourth-order valence-electron chi connectivity index (χ4n) is 1.74. The fourth-order valence-corrected chi connectivity index (χ4v) is 1.90. The SMILES string of the molecule is COCCCn1c(N)nc2cc(Cl)c(F)cc21. The number of imidazole rings is 1. The molecule has 1 heterocycles. The number of halogens is 2. The van der Waals surface area contributed by atoms with Crippen molar-refractivity contribution in [1.82, 2.24) is 9.55 Å². The zero-order valence-electron chi connectivity index (χ0n) is 9.41. The molecule has 17 heavy (non-hydrogen) atoms. The average molecular weight is 258 g/mol. The molecule has 0 unspecified atom stereocenters. The van der Waals surface area contributed by atoms with Crippen molar-refractivity contribution < 1.29 is 9.13 Å². The number of nitrogen functional groups attached to an aromatic ring is 1. The Hall–Kier alpha value is -1.33. The number of nitrogens with two attached hydrogens (primary N) is 1. The molecule has 2 aromatic rings. The van der Waals surface area contributed by atoms with Gasteiger partial charge in [-0.25, -0.2) is 9.37 Å². The van der Waals surface area contributed by atoms with E-state index in [0.717, 1.165) is 6.42 Å². The van der Waals surface area contributed by atoms with Crippen LogP contribution in [0, 0.1) is 5.82 Å². The van der Waals surface area contributed by atoms with Gasteiger partial charge in [0.1, 0.15) is 5.82 Å². The van der Waals surface area contributed by atoms with E-state index in [-0.39, 0.29) is 5.02 Å². The van der Waals surface area contributed by atoms with Gasteiger partial charge in [-0.2, -0.15) is 0 Å². The summed E-state index contributed by atoms with van der Waals surface area (Å²) in [5, 5.41) is 0.0547. The molecule has 2 N–H and O–H groups in total. The molecule has 0 spiro atoms. The Bertz CT molecular complexity index is 541. The van der Waals surface area contributed by atoms with Gasteiger partial charge in [0.05, 0.1) is 16.1 Å². The minimum Gasteiger partial charge on any atom is -0.385 e. The van der Waals surface area contributed by atoms with Crippen LogP contribution in [0.3, 0.4) is 0 Å². The highest BCUT2D eigenvalue weighted by Gasteiger charge is 2.11. The number of aryl methyl sites for hydroxylation is 1. The Labute approximate surface area is 103 Å². The molecule has 92 valence electrons. The number of anilines is 1. The van der Waals surface area contributed by atoms with Crippen LogP contribution in [0.25, 0.3) is 11.0 Å². The third-order valence-electron chi connectivity index (χ3n) is 2.55. The number of benzene rings is 1. The van der Waals surface area contributed by atoms with Gasteiger partial charge in [-0.3, -0.25) is 0 Å². The van der Waals surface area contributed by atoms with Crippen molar-refractivity contribution in [3.05, 3.63) is 23.0 Å². The van der Waals surface area contributed by atoms with E-state index in [1.165, 1.54) is 12.1 Å². The van der Waals surface area contributed by atoms with Crippen LogP contribution in [0.2, 0.25) is 5.02 Å². The summed E-state index contributed by atoms with van der Waals surface area (Å²) in [6.07, 6.45) is 0.788. The maximum atomic E-state index is 13.4. The van der Waals surface area contributed by atoms with Gasteiger partial charge >= 0.3 is 0 Å². The van der Waals surface area contributed by atoms with E-state index in [4.69, 9.17) is 22.1 Å². The molecule has 0 aliphatic heterocycles. The van der Waals surface area contributed by atoms with Crippen LogP contribution in [0.1, 0.15) is 6.42 Å². The normalized spacial score (nSPS) is 11.2. The van der Waals surface area contributed by atoms with Crippen LogP contribution in [0.15, 0.2) is 12.1 Å². The maximum absolute atomic E-state index is 13.4. The summed E-state index contributed by atoms with van der Waals surface area (Å²) in [5.41, 5.74) is 7.04. The molecule has 0 amide bonds. The first-order valence-electron chi connectivity index (χ1n) is 5.23. The lowest BCUT2D eigenvalue weighted by Gasteiger charge is -2.05. The fraction of sp³-hybridized carbons (Fsp3) is 0.364. The number of methoxy groups -OCH3 is 1. The van der Waals surface area contributed by atoms with E-state index in [1.807, 2.05) is 0 Å². The number of aromatic nitrogens is 2. The van der Waals surface area contributed by atoms with Gasteiger partial charge in [0, 0.05) is 26.3 Å². The van der Waals surface area contributed by atoms with Crippen molar-refractivity contribution in [2.24, 2.45) is 0 Å². The van der Waals surface area contributed by atoms with Crippen molar-refractivity contribution in [2.75, 3.05) is 19.5 Å². The van der Waals surface area contributed by atoms with Crippen LogP contribution in [0.4, 0.5) is 10.3 Å². The number of hydrogen-bond donors (Lipinski definition) is 1. The molecule has 1 aromatic heterocycles. The maximum Gasteiger partial charge on any atom is 0.201 e. The average Bonchev–Trinajstić information content (AvgIpc) is 2.57. The van der Waals surface area contributed by atoms with Crippen LogP contribution in [0.5, 0.6) is 0 Å². The predicted octanol–water partition coefficient (Wildman–Crippen LogP) is 2.45. The Morgan fingerprint density at radius 2 is 2.29 bits per heavy atom. The molecule has 2 rings (SSSR count). The largest absolute Gasteiger partial charge is 0.385 e. The zero-order chi connectivity index (χ0) is 12.4. The Morgan fingerprint density at radius 3 is 3.00 bits per heavy atom. The number of rotatable bonds is 4. The second kappa shape index (κ2) is 4.89. The van der Waals surface area contributed by atoms with Crippen molar-refractivity contribution in [3.63, 3.8) is 0 Å². The quantitative estimate of drug-likeness (QED) is 0.856. The third-order valence-corrected chi connectivity index (χ3v) is 2.84. The summed E-state index contributed by atoms with van der Waals surface area (Å²) >= 11 is 5.69. The molecule has 6 heteroatoms. The van der Waals surface area contributed by atoms with E-state index < -0.39 is 5.82 Å². The van der Waals surface area contributed by atoms with Gasteiger partial charge in [-0.1, -0.05) is 11.6 Å². The molecule has 0 fully saturated rings.